The van der Waals surface area contributed by atoms with E-state index in [1.807, 2.05) is 42.5 Å². The van der Waals surface area contributed by atoms with Gasteiger partial charge in [-0.15, -0.1) is 0 Å². The third-order valence-electron chi connectivity index (χ3n) is 2.57. The lowest BCUT2D eigenvalue weighted by atomic mass is 10.0. The summed E-state index contributed by atoms with van der Waals surface area (Å²) >= 11 is 0. The Labute approximate surface area is 101 Å². The smallest absolute Gasteiger partial charge is 0.0662 e. The summed E-state index contributed by atoms with van der Waals surface area (Å²) in [4.78, 5) is 4.31. The van der Waals surface area contributed by atoms with Gasteiger partial charge in [0.05, 0.1) is 12.3 Å². The van der Waals surface area contributed by atoms with E-state index in [4.69, 9.17) is 5.11 Å². The molecule has 1 heterocycles. The van der Waals surface area contributed by atoms with Crippen molar-refractivity contribution in [2.75, 3.05) is 6.61 Å². The third-order valence-corrected chi connectivity index (χ3v) is 2.57. The van der Waals surface area contributed by atoms with Gasteiger partial charge in [-0.1, -0.05) is 42.5 Å². The van der Waals surface area contributed by atoms with E-state index in [2.05, 4.69) is 17.1 Å². The number of hydrogen-bond acceptors (Lipinski definition) is 2. The molecule has 0 aliphatic carbocycles. The van der Waals surface area contributed by atoms with E-state index in [-0.39, 0.29) is 6.61 Å². The number of rotatable bonds is 4. The van der Waals surface area contributed by atoms with Gasteiger partial charge < -0.3 is 5.11 Å². The number of allylic oxidation sites excluding steroid dienone is 1. The van der Waals surface area contributed by atoms with Crippen LogP contribution in [0.15, 0.2) is 60.8 Å². The van der Waals surface area contributed by atoms with Crippen LogP contribution >= 0.6 is 0 Å². The summed E-state index contributed by atoms with van der Waals surface area (Å²) in [6.07, 6.45) is 4.37. The molecule has 86 valence electrons. The molecule has 0 saturated carbocycles. The van der Waals surface area contributed by atoms with E-state index in [1.165, 1.54) is 5.56 Å². The molecule has 0 saturated heterocycles. The number of nitrogens with zero attached hydrogens (tertiary/aromatic N) is 1. The van der Waals surface area contributed by atoms with Gasteiger partial charge in [0, 0.05) is 6.20 Å². The van der Waals surface area contributed by atoms with E-state index >= 15 is 0 Å². The molecule has 0 aliphatic rings. The number of aliphatic hydroxyl groups is 1. The Morgan fingerprint density at radius 1 is 1.06 bits per heavy atom. The molecule has 17 heavy (non-hydrogen) atoms. The molecule has 1 aromatic heterocycles. The summed E-state index contributed by atoms with van der Waals surface area (Å²) in [6, 6.07) is 16.0. The molecule has 0 fully saturated rings. The molecule has 0 aliphatic heterocycles. The monoisotopic (exact) mass is 225 g/mol. The SMILES string of the molecule is OC/C=C(\Cc1ccccc1)c1ccccn1. The Hall–Kier alpha value is -1.93. The molecule has 2 rings (SSSR count). The lowest BCUT2D eigenvalue weighted by Crippen LogP contribution is -1.94. The van der Waals surface area contributed by atoms with Crippen LogP contribution in [0.1, 0.15) is 11.3 Å². The molecule has 0 unspecified atom stereocenters. The molecule has 0 spiro atoms. The average molecular weight is 225 g/mol. The Kier molecular flexibility index (Phi) is 4.05. The Morgan fingerprint density at radius 3 is 2.47 bits per heavy atom. The standard InChI is InChI=1S/C15H15NO/c17-11-9-14(15-8-4-5-10-16-15)12-13-6-2-1-3-7-13/h1-10,17H,11-12H2/b14-9+. The number of pyridine rings is 1. The maximum absolute atomic E-state index is 9.07. The van der Waals surface area contributed by atoms with Gasteiger partial charge in [-0.05, 0) is 29.7 Å². The summed E-state index contributed by atoms with van der Waals surface area (Å²) in [5.41, 5.74) is 3.20. The maximum Gasteiger partial charge on any atom is 0.0662 e. The molecule has 0 amide bonds. The van der Waals surface area contributed by atoms with Gasteiger partial charge in [0.2, 0.25) is 0 Å². The number of aromatic nitrogens is 1. The molecule has 0 atom stereocenters. The quantitative estimate of drug-likeness (QED) is 0.867. The first-order valence-corrected chi connectivity index (χ1v) is 5.65. The third kappa shape index (κ3) is 3.26. The van der Waals surface area contributed by atoms with Crippen LogP contribution in [-0.4, -0.2) is 16.7 Å². The predicted molar refractivity (Wildman–Crippen MR) is 69.4 cm³/mol. The fourth-order valence-corrected chi connectivity index (χ4v) is 1.75. The van der Waals surface area contributed by atoms with E-state index in [0.29, 0.717) is 0 Å². The van der Waals surface area contributed by atoms with Crippen LogP contribution in [-0.2, 0) is 6.42 Å². The molecule has 2 nitrogen and oxygen atoms in total. The van der Waals surface area contributed by atoms with Crippen molar-refractivity contribution in [1.82, 2.24) is 4.98 Å². The lowest BCUT2D eigenvalue weighted by molar-refractivity contribution is 0.343. The lowest BCUT2D eigenvalue weighted by Gasteiger charge is -2.06. The predicted octanol–water partition coefficient (Wildman–Crippen LogP) is 2.70. The minimum Gasteiger partial charge on any atom is -0.392 e. The maximum atomic E-state index is 9.07. The van der Waals surface area contributed by atoms with Crippen LogP contribution in [0.3, 0.4) is 0 Å². The summed E-state index contributed by atoms with van der Waals surface area (Å²) in [5, 5.41) is 9.07. The van der Waals surface area contributed by atoms with E-state index in [1.54, 1.807) is 6.20 Å². The van der Waals surface area contributed by atoms with Crippen LogP contribution < -0.4 is 0 Å². The fraction of sp³-hybridized carbons (Fsp3) is 0.133. The second-order valence-corrected chi connectivity index (χ2v) is 3.79. The molecule has 0 radical (unpaired) electrons. The van der Waals surface area contributed by atoms with Crippen molar-refractivity contribution in [3.63, 3.8) is 0 Å². The normalized spacial score (nSPS) is 11.5. The average Bonchev–Trinajstić information content (AvgIpc) is 2.40. The van der Waals surface area contributed by atoms with Crippen molar-refractivity contribution in [3.05, 3.63) is 72.1 Å². The highest BCUT2D eigenvalue weighted by Gasteiger charge is 2.03. The van der Waals surface area contributed by atoms with Gasteiger partial charge >= 0.3 is 0 Å². The van der Waals surface area contributed by atoms with Crippen molar-refractivity contribution in [1.29, 1.82) is 0 Å². The second-order valence-electron chi connectivity index (χ2n) is 3.79. The molecular formula is C15H15NO. The first-order valence-electron chi connectivity index (χ1n) is 5.65. The highest BCUT2D eigenvalue weighted by atomic mass is 16.2. The van der Waals surface area contributed by atoms with Gasteiger partial charge in [-0.3, -0.25) is 4.98 Å². The van der Waals surface area contributed by atoms with Crippen LogP contribution in [0.2, 0.25) is 0 Å². The van der Waals surface area contributed by atoms with Crippen LogP contribution in [0, 0.1) is 0 Å². The minimum atomic E-state index is 0.0404. The second kappa shape index (κ2) is 5.97. The van der Waals surface area contributed by atoms with Gasteiger partial charge in [0.15, 0.2) is 0 Å². The summed E-state index contributed by atoms with van der Waals surface area (Å²) in [5.74, 6) is 0. The molecule has 1 N–H and O–H groups in total. The van der Waals surface area contributed by atoms with E-state index < -0.39 is 0 Å². The summed E-state index contributed by atoms with van der Waals surface area (Å²) in [7, 11) is 0. The molecule has 2 heteroatoms. The summed E-state index contributed by atoms with van der Waals surface area (Å²) in [6.45, 7) is 0.0404. The van der Waals surface area contributed by atoms with Gasteiger partial charge in [-0.2, -0.15) is 0 Å². The van der Waals surface area contributed by atoms with Crippen molar-refractivity contribution in [2.24, 2.45) is 0 Å². The van der Waals surface area contributed by atoms with Crippen LogP contribution in [0.25, 0.3) is 5.57 Å². The van der Waals surface area contributed by atoms with Crippen molar-refractivity contribution >= 4 is 5.57 Å². The molecular weight excluding hydrogens is 210 g/mol. The Bertz CT molecular complexity index is 477. The highest BCUT2D eigenvalue weighted by molar-refractivity contribution is 5.64. The van der Waals surface area contributed by atoms with Gasteiger partial charge in [-0.25, -0.2) is 0 Å². The fourth-order valence-electron chi connectivity index (χ4n) is 1.75. The number of aliphatic hydroxyl groups excluding tert-OH is 1. The molecule has 0 bridgehead atoms. The van der Waals surface area contributed by atoms with E-state index in [0.717, 1.165) is 17.7 Å². The highest BCUT2D eigenvalue weighted by Crippen LogP contribution is 2.17. The number of benzene rings is 1. The Balaban J connectivity index is 2.23. The first-order chi connectivity index (χ1) is 8.40. The topological polar surface area (TPSA) is 33.1 Å². The molecule has 2 aromatic rings. The van der Waals surface area contributed by atoms with Gasteiger partial charge in [0.25, 0.3) is 0 Å². The zero-order valence-electron chi connectivity index (χ0n) is 9.58. The van der Waals surface area contributed by atoms with Crippen LogP contribution in [0.4, 0.5) is 0 Å². The van der Waals surface area contributed by atoms with E-state index in [9.17, 15) is 0 Å². The number of hydrogen-bond donors (Lipinski definition) is 1. The zero-order chi connectivity index (χ0) is 11.9. The molecule has 1 aromatic carbocycles. The Morgan fingerprint density at radius 2 is 1.82 bits per heavy atom. The summed E-state index contributed by atoms with van der Waals surface area (Å²) < 4.78 is 0. The van der Waals surface area contributed by atoms with Crippen molar-refractivity contribution in [2.45, 2.75) is 6.42 Å². The van der Waals surface area contributed by atoms with Crippen molar-refractivity contribution < 1.29 is 5.11 Å². The zero-order valence-corrected chi connectivity index (χ0v) is 9.58. The minimum absolute atomic E-state index is 0.0404. The van der Waals surface area contributed by atoms with Crippen LogP contribution in [0.5, 0.6) is 0 Å². The van der Waals surface area contributed by atoms with Gasteiger partial charge in [0.1, 0.15) is 0 Å². The largest absolute Gasteiger partial charge is 0.392 e. The first kappa shape index (κ1) is 11.6. The van der Waals surface area contributed by atoms with Crippen molar-refractivity contribution in [3.8, 4) is 0 Å².